The predicted molar refractivity (Wildman–Crippen MR) is 154 cm³/mol. The zero-order chi connectivity index (χ0) is 28.0. The summed E-state index contributed by atoms with van der Waals surface area (Å²) in [6.07, 6.45) is 8.69. The molecule has 4 aromatic heterocycles. The van der Waals surface area contributed by atoms with Crippen LogP contribution in [0.2, 0.25) is 0 Å². The number of rotatable bonds is 9. The molecule has 0 bridgehead atoms. The molecule has 0 aliphatic heterocycles. The molecule has 1 unspecified atom stereocenters. The van der Waals surface area contributed by atoms with Crippen LogP contribution in [0.3, 0.4) is 0 Å². The van der Waals surface area contributed by atoms with E-state index in [9.17, 15) is 9.35 Å². The minimum absolute atomic E-state index is 0.0526. The fourth-order valence-electron chi connectivity index (χ4n) is 5.28. The standard InChI is InChI=1S/C28H33N9O2S/c1-4-40(39)20-11-10-19(30-13-20)12-31-25-27(38)37(16(3)17-6-5-7-17)26-21(34-25)14-32-24(36-26)22-15(2)33-28(29)35-23(22)18-8-9-18/h10-11,13-14,16-18H,4-9,12H2,1-3H3,(H,31,34)(H2,29,33,35)/t16-,40?/m1/s1. The van der Waals surface area contributed by atoms with Gasteiger partial charge in [-0.25, -0.2) is 24.9 Å². The molecule has 12 heteroatoms. The van der Waals surface area contributed by atoms with Gasteiger partial charge in [-0.2, -0.15) is 0 Å². The Morgan fingerprint density at radius 2 is 1.93 bits per heavy atom. The van der Waals surface area contributed by atoms with E-state index in [1.54, 1.807) is 17.0 Å². The van der Waals surface area contributed by atoms with Crippen molar-refractivity contribution in [3.05, 3.63) is 52.0 Å². The first-order valence-corrected chi connectivity index (χ1v) is 15.2. The topological polar surface area (TPSA) is 160 Å². The lowest BCUT2D eigenvalue weighted by Crippen LogP contribution is -2.33. The van der Waals surface area contributed by atoms with Crippen LogP contribution in [0.25, 0.3) is 22.6 Å². The van der Waals surface area contributed by atoms with Crippen LogP contribution in [0.15, 0.2) is 34.2 Å². The van der Waals surface area contributed by atoms with E-state index < -0.39 is 11.2 Å². The van der Waals surface area contributed by atoms with Gasteiger partial charge in [0.05, 0.1) is 41.6 Å². The molecule has 0 aromatic carbocycles. The molecule has 0 saturated heterocycles. The van der Waals surface area contributed by atoms with Gasteiger partial charge in [-0.3, -0.25) is 14.3 Å². The lowest BCUT2D eigenvalue weighted by Gasteiger charge is -2.33. The Kier molecular flexibility index (Phi) is 7.13. The number of aryl methyl sites for hydroxylation is 1. The molecule has 0 spiro atoms. The molecule has 4 heterocycles. The molecule has 11 nitrogen and oxygen atoms in total. The molecule has 0 radical (unpaired) electrons. The highest BCUT2D eigenvalue weighted by molar-refractivity contribution is 7.91. The summed E-state index contributed by atoms with van der Waals surface area (Å²) >= 11 is -1.06. The molecule has 208 valence electrons. The lowest BCUT2D eigenvalue weighted by atomic mass is 9.80. The van der Waals surface area contributed by atoms with Crippen LogP contribution >= 0.6 is 0 Å². The second-order valence-electron chi connectivity index (χ2n) is 10.6. The van der Waals surface area contributed by atoms with Gasteiger partial charge in [0.2, 0.25) is 5.95 Å². The second-order valence-corrected chi connectivity index (χ2v) is 12.4. The summed E-state index contributed by atoms with van der Waals surface area (Å²) in [7, 11) is 0. The molecular weight excluding hydrogens is 526 g/mol. The van der Waals surface area contributed by atoms with Crippen molar-refractivity contribution in [1.82, 2.24) is 34.5 Å². The van der Waals surface area contributed by atoms with Gasteiger partial charge in [-0.15, -0.1) is 0 Å². The van der Waals surface area contributed by atoms with Gasteiger partial charge in [-0.05, 0) is 75.7 Å². The summed E-state index contributed by atoms with van der Waals surface area (Å²) in [6, 6.07) is 3.57. The van der Waals surface area contributed by atoms with Crippen LogP contribution in [0.1, 0.15) is 75.0 Å². The van der Waals surface area contributed by atoms with E-state index in [0.717, 1.165) is 54.7 Å². The molecule has 4 aromatic rings. The van der Waals surface area contributed by atoms with Crippen molar-refractivity contribution < 1.29 is 4.55 Å². The van der Waals surface area contributed by atoms with E-state index in [0.29, 0.717) is 46.0 Å². The quantitative estimate of drug-likeness (QED) is 0.288. The summed E-state index contributed by atoms with van der Waals surface area (Å²) in [5.41, 5.74) is 9.88. The first-order chi connectivity index (χ1) is 19.3. The normalized spacial score (nSPS) is 17.0. The van der Waals surface area contributed by atoms with Gasteiger partial charge in [0.15, 0.2) is 22.2 Å². The van der Waals surface area contributed by atoms with Gasteiger partial charge in [-0.1, -0.05) is 6.42 Å². The third kappa shape index (κ3) is 5.01. The molecule has 0 amide bonds. The molecule has 2 aliphatic carbocycles. The molecule has 2 aliphatic rings. The number of nitrogen functional groups attached to an aromatic ring is 1. The van der Waals surface area contributed by atoms with Crippen molar-refractivity contribution in [2.45, 2.75) is 76.3 Å². The molecule has 2 saturated carbocycles. The van der Waals surface area contributed by atoms with Crippen molar-refractivity contribution in [2.75, 3.05) is 16.8 Å². The van der Waals surface area contributed by atoms with Crippen LogP contribution in [-0.2, 0) is 17.7 Å². The Bertz CT molecular complexity index is 1620. The summed E-state index contributed by atoms with van der Waals surface area (Å²) in [6.45, 7) is 6.15. The highest BCUT2D eigenvalue weighted by Gasteiger charge is 2.32. The van der Waals surface area contributed by atoms with Gasteiger partial charge < -0.3 is 15.6 Å². The Hall–Kier alpha value is -3.64. The van der Waals surface area contributed by atoms with Gasteiger partial charge in [0.1, 0.15) is 11.3 Å². The molecule has 2 atom stereocenters. The number of aromatic nitrogens is 7. The third-order valence-electron chi connectivity index (χ3n) is 7.95. The number of anilines is 2. The maximum Gasteiger partial charge on any atom is 0.295 e. The van der Waals surface area contributed by atoms with Crippen molar-refractivity contribution in [2.24, 2.45) is 5.92 Å². The van der Waals surface area contributed by atoms with E-state index in [2.05, 4.69) is 37.2 Å². The zero-order valence-corrected chi connectivity index (χ0v) is 23.7. The molecule has 6 rings (SSSR count). The molecular formula is C28H33N9O2S. The van der Waals surface area contributed by atoms with Crippen molar-refractivity contribution in [1.29, 1.82) is 0 Å². The fourth-order valence-corrected chi connectivity index (χ4v) is 6.01. The minimum Gasteiger partial charge on any atom is -0.611 e. The maximum absolute atomic E-state index is 13.9. The Morgan fingerprint density at radius 1 is 1.12 bits per heavy atom. The van der Waals surface area contributed by atoms with E-state index >= 15 is 0 Å². The number of nitrogens with one attached hydrogen (secondary N) is 1. The molecule has 3 N–H and O–H groups in total. The fraction of sp³-hybridized carbons (Fsp3) is 0.464. The number of hydrogen-bond acceptors (Lipinski definition) is 10. The van der Waals surface area contributed by atoms with Gasteiger partial charge in [0, 0.05) is 12.0 Å². The highest BCUT2D eigenvalue weighted by atomic mass is 32.2. The Balaban J connectivity index is 1.40. The van der Waals surface area contributed by atoms with Gasteiger partial charge in [0.25, 0.3) is 5.56 Å². The first-order valence-electron chi connectivity index (χ1n) is 13.8. The average molecular weight is 560 g/mol. The smallest absolute Gasteiger partial charge is 0.295 e. The van der Waals surface area contributed by atoms with Crippen molar-refractivity contribution in [3.8, 4) is 11.4 Å². The number of pyridine rings is 1. The van der Waals surface area contributed by atoms with E-state index in [4.69, 9.17) is 10.7 Å². The Labute approximate surface area is 235 Å². The lowest BCUT2D eigenvalue weighted by molar-refractivity contribution is 0.222. The van der Waals surface area contributed by atoms with E-state index in [1.165, 1.54) is 0 Å². The second kappa shape index (κ2) is 10.7. The number of nitrogens with zero attached hydrogens (tertiary/aromatic N) is 7. The summed E-state index contributed by atoms with van der Waals surface area (Å²) in [5, 5.41) is 3.18. The number of fused-ring (bicyclic) bond motifs is 1. The van der Waals surface area contributed by atoms with Crippen molar-refractivity contribution >= 4 is 34.1 Å². The summed E-state index contributed by atoms with van der Waals surface area (Å²) in [5.74, 6) is 2.21. The van der Waals surface area contributed by atoms with Crippen LogP contribution < -0.4 is 16.6 Å². The first kappa shape index (κ1) is 26.6. The molecule has 40 heavy (non-hydrogen) atoms. The number of nitrogens with two attached hydrogens (primary N) is 1. The van der Waals surface area contributed by atoms with Gasteiger partial charge >= 0.3 is 0 Å². The largest absolute Gasteiger partial charge is 0.611 e. The predicted octanol–water partition coefficient (Wildman–Crippen LogP) is 3.91. The monoisotopic (exact) mass is 559 g/mol. The van der Waals surface area contributed by atoms with Crippen LogP contribution in [0, 0.1) is 12.8 Å². The van der Waals surface area contributed by atoms with Crippen molar-refractivity contribution in [3.63, 3.8) is 0 Å². The van der Waals surface area contributed by atoms with Crippen LogP contribution in [-0.4, -0.2) is 44.8 Å². The third-order valence-corrected chi connectivity index (χ3v) is 9.25. The Morgan fingerprint density at radius 3 is 2.58 bits per heavy atom. The minimum atomic E-state index is -1.06. The SMILES string of the molecule is CC[S+]([O-])c1ccc(CNc2nc3cnc(-c4c(C)nc(N)nc4C4CC4)nc3n([C@H](C)C3CCC3)c2=O)nc1. The molecule has 2 fully saturated rings. The number of hydrogen-bond donors (Lipinski definition) is 2. The summed E-state index contributed by atoms with van der Waals surface area (Å²) in [4.78, 5) is 42.1. The van der Waals surface area contributed by atoms with E-state index in [-0.39, 0.29) is 23.4 Å². The van der Waals surface area contributed by atoms with E-state index in [1.807, 2.05) is 26.0 Å². The van der Waals surface area contributed by atoms with Crippen LogP contribution in [0.4, 0.5) is 11.8 Å². The maximum atomic E-state index is 13.9. The average Bonchev–Trinajstić information content (AvgIpc) is 3.76. The zero-order valence-electron chi connectivity index (χ0n) is 22.9. The highest BCUT2D eigenvalue weighted by Crippen LogP contribution is 2.44. The van der Waals surface area contributed by atoms with Crippen LogP contribution in [0.5, 0.6) is 0 Å². The summed E-state index contributed by atoms with van der Waals surface area (Å²) < 4.78 is 13.8.